The van der Waals surface area contributed by atoms with E-state index in [1.54, 1.807) is 0 Å². The second-order valence-corrected chi connectivity index (χ2v) is 5.03. The molecule has 9 heteroatoms. The number of aromatic nitrogens is 3. The summed E-state index contributed by atoms with van der Waals surface area (Å²) < 4.78 is 6.65. The molecule has 118 valence electrons. The van der Waals surface area contributed by atoms with E-state index in [0.717, 1.165) is 0 Å². The first kappa shape index (κ1) is 16.9. The number of urea groups is 1. The number of hydrogen-bond acceptors (Lipinski definition) is 5. The van der Waals surface area contributed by atoms with Gasteiger partial charge in [0.25, 0.3) is 0 Å². The van der Waals surface area contributed by atoms with Crippen molar-refractivity contribution in [3.63, 3.8) is 0 Å². The Morgan fingerprint density at radius 1 is 1.43 bits per heavy atom. The van der Waals surface area contributed by atoms with Gasteiger partial charge in [-0.1, -0.05) is 5.21 Å². The van der Waals surface area contributed by atoms with Crippen LogP contribution >= 0.6 is 0 Å². The minimum absolute atomic E-state index is 0.167. The van der Waals surface area contributed by atoms with Gasteiger partial charge < -0.3 is 20.5 Å². The first-order valence-corrected chi connectivity index (χ1v) is 6.59. The zero-order valence-electron chi connectivity index (χ0n) is 12.4. The Balaban J connectivity index is 2.33. The van der Waals surface area contributed by atoms with E-state index in [4.69, 9.17) is 9.84 Å². The number of amides is 2. The van der Waals surface area contributed by atoms with Gasteiger partial charge in [0.15, 0.2) is 0 Å². The highest BCUT2D eigenvalue weighted by molar-refractivity contribution is 5.73. The molecule has 0 atom stereocenters. The topological polar surface area (TPSA) is 118 Å². The summed E-state index contributed by atoms with van der Waals surface area (Å²) in [5, 5.41) is 21.3. The van der Waals surface area contributed by atoms with E-state index < -0.39 is 11.6 Å². The number of carboxylic acids is 1. The van der Waals surface area contributed by atoms with Crippen molar-refractivity contribution in [3.8, 4) is 0 Å². The summed E-state index contributed by atoms with van der Waals surface area (Å²) in [6.45, 7) is 6.51. The van der Waals surface area contributed by atoms with Crippen molar-refractivity contribution in [1.82, 2.24) is 25.6 Å². The summed E-state index contributed by atoms with van der Waals surface area (Å²) in [5.74, 6) is -1.00. The van der Waals surface area contributed by atoms with Crippen LogP contribution in [0.5, 0.6) is 0 Å². The summed E-state index contributed by atoms with van der Waals surface area (Å²) in [6.07, 6.45) is 1.47. The van der Waals surface area contributed by atoms with Gasteiger partial charge in [0, 0.05) is 13.2 Å². The standard InChI is InChI=1S/C12H21N5O4/c1-4-21-12(2,3)8-14-11(20)13-5-9-6-17(16-15-9)7-10(18)19/h6H,4-5,7-8H2,1-3H3,(H,18,19)(H2,13,14,20). The number of nitrogens with one attached hydrogen (secondary N) is 2. The lowest BCUT2D eigenvalue weighted by Crippen LogP contribution is -2.44. The number of ether oxygens (including phenoxy) is 1. The summed E-state index contributed by atoms with van der Waals surface area (Å²) >= 11 is 0. The third-order valence-electron chi connectivity index (χ3n) is 2.52. The number of carbonyl (C=O) groups excluding carboxylic acids is 1. The molecule has 0 saturated heterocycles. The summed E-state index contributed by atoms with van der Waals surface area (Å²) in [6, 6.07) is -0.351. The van der Waals surface area contributed by atoms with Crippen LogP contribution in [0, 0.1) is 0 Å². The molecule has 0 aromatic carbocycles. The fourth-order valence-electron chi connectivity index (χ4n) is 1.60. The quantitative estimate of drug-likeness (QED) is 0.620. The molecule has 0 fully saturated rings. The zero-order chi connectivity index (χ0) is 15.9. The summed E-state index contributed by atoms with van der Waals surface area (Å²) in [4.78, 5) is 22.1. The van der Waals surface area contributed by atoms with Crippen LogP contribution in [0.2, 0.25) is 0 Å². The highest BCUT2D eigenvalue weighted by Gasteiger charge is 2.18. The van der Waals surface area contributed by atoms with Crippen LogP contribution in [0.1, 0.15) is 26.5 Å². The monoisotopic (exact) mass is 299 g/mol. The molecule has 0 aliphatic heterocycles. The lowest BCUT2D eigenvalue weighted by atomic mass is 10.1. The molecule has 0 saturated carbocycles. The number of carboxylic acid groups (broad SMARTS) is 1. The Kier molecular flexibility index (Phi) is 6.10. The first-order chi connectivity index (χ1) is 9.82. The van der Waals surface area contributed by atoms with Gasteiger partial charge >= 0.3 is 12.0 Å². The molecule has 21 heavy (non-hydrogen) atoms. The van der Waals surface area contributed by atoms with Crippen LogP contribution in [0.3, 0.4) is 0 Å². The van der Waals surface area contributed by atoms with E-state index in [9.17, 15) is 9.59 Å². The van der Waals surface area contributed by atoms with Crippen molar-refractivity contribution in [2.45, 2.75) is 39.5 Å². The third kappa shape index (κ3) is 6.70. The van der Waals surface area contributed by atoms with Crippen LogP contribution in [-0.4, -0.2) is 50.9 Å². The Hall–Kier alpha value is -2.16. The van der Waals surface area contributed by atoms with Gasteiger partial charge in [0.1, 0.15) is 12.2 Å². The van der Waals surface area contributed by atoms with Crippen molar-refractivity contribution >= 4 is 12.0 Å². The van der Waals surface area contributed by atoms with Gasteiger partial charge in [-0.05, 0) is 20.8 Å². The third-order valence-corrected chi connectivity index (χ3v) is 2.52. The highest BCUT2D eigenvalue weighted by atomic mass is 16.5. The van der Waals surface area contributed by atoms with Gasteiger partial charge in [-0.2, -0.15) is 0 Å². The second-order valence-electron chi connectivity index (χ2n) is 5.03. The van der Waals surface area contributed by atoms with Gasteiger partial charge in [-0.15, -0.1) is 5.10 Å². The smallest absolute Gasteiger partial charge is 0.325 e. The molecule has 1 rings (SSSR count). The molecule has 0 spiro atoms. The van der Waals surface area contributed by atoms with Crippen molar-refractivity contribution in [2.75, 3.05) is 13.2 Å². The van der Waals surface area contributed by atoms with E-state index in [1.807, 2.05) is 20.8 Å². The average Bonchev–Trinajstić information content (AvgIpc) is 2.81. The average molecular weight is 299 g/mol. The molecule has 0 bridgehead atoms. The predicted octanol–water partition coefficient (Wildman–Crippen LogP) is -0.0230. The Bertz CT molecular complexity index is 486. The van der Waals surface area contributed by atoms with Crippen LogP contribution in [0.4, 0.5) is 4.79 Å². The SMILES string of the molecule is CCOC(C)(C)CNC(=O)NCc1cn(CC(=O)O)nn1. The molecule has 0 unspecified atom stereocenters. The van der Waals surface area contributed by atoms with E-state index >= 15 is 0 Å². The van der Waals surface area contributed by atoms with E-state index in [2.05, 4.69) is 20.9 Å². The molecule has 0 aliphatic carbocycles. The van der Waals surface area contributed by atoms with Crippen molar-refractivity contribution in [2.24, 2.45) is 0 Å². The fraction of sp³-hybridized carbons (Fsp3) is 0.667. The van der Waals surface area contributed by atoms with Crippen LogP contribution < -0.4 is 10.6 Å². The number of rotatable bonds is 8. The molecule has 2 amide bonds. The summed E-state index contributed by atoms with van der Waals surface area (Å²) in [5.41, 5.74) is 0.0481. The number of carbonyl (C=O) groups is 2. The maximum absolute atomic E-state index is 11.6. The number of aliphatic carboxylic acids is 1. The molecular weight excluding hydrogens is 278 g/mol. The fourth-order valence-corrected chi connectivity index (χ4v) is 1.60. The Labute approximate surface area is 122 Å². The minimum atomic E-state index is -1.00. The number of hydrogen-bond donors (Lipinski definition) is 3. The van der Waals surface area contributed by atoms with E-state index in [0.29, 0.717) is 18.8 Å². The molecule has 0 radical (unpaired) electrons. The van der Waals surface area contributed by atoms with Crippen molar-refractivity contribution in [1.29, 1.82) is 0 Å². The first-order valence-electron chi connectivity index (χ1n) is 6.59. The van der Waals surface area contributed by atoms with Crippen molar-refractivity contribution < 1.29 is 19.4 Å². The van der Waals surface area contributed by atoms with Gasteiger partial charge in [0.05, 0.1) is 18.3 Å². The zero-order valence-corrected chi connectivity index (χ0v) is 12.4. The minimum Gasteiger partial charge on any atom is -0.480 e. The van der Waals surface area contributed by atoms with Crippen LogP contribution in [0.25, 0.3) is 0 Å². The largest absolute Gasteiger partial charge is 0.480 e. The Morgan fingerprint density at radius 3 is 2.76 bits per heavy atom. The molecule has 1 heterocycles. The van der Waals surface area contributed by atoms with Crippen molar-refractivity contribution in [3.05, 3.63) is 11.9 Å². The predicted molar refractivity (Wildman–Crippen MR) is 73.6 cm³/mol. The Morgan fingerprint density at radius 2 is 2.14 bits per heavy atom. The van der Waals surface area contributed by atoms with E-state index in [1.165, 1.54) is 10.9 Å². The van der Waals surface area contributed by atoms with Gasteiger partial charge in [0.2, 0.25) is 0 Å². The highest BCUT2D eigenvalue weighted by Crippen LogP contribution is 2.06. The normalized spacial score (nSPS) is 11.2. The molecule has 1 aromatic rings. The van der Waals surface area contributed by atoms with E-state index in [-0.39, 0.29) is 19.1 Å². The lowest BCUT2D eigenvalue weighted by molar-refractivity contribution is -0.137. The molecule has 3 N–H and O–H groups in total. The molecule has 1 aromatic heterocycles. The maximum Gasteiger partial charge on any atom is 0.325 e. The second kappa shape index (κ2) is 7.58. The summed E-state index contributed by atoms with van der Waals surface area (Å²) in [7, 11) is 0. The molecule has 9 nitrogen and oxygen atoms in total. The maximum atomic E-state index is 11.6. The van der Waals surface area contributed by atoms with Crippen LogP contribution in [-0.2, 0) is 22.6 Å². The molecule has 0 aliphatic rings. The van der Waals surface area contributed by atoms with Gasteiger partial charge in [-0.3, -0.25) is 4.79 Å². The lowest BCUT2D eigenvalue weighted by Gasteiger charge is -2.24. The van der Waals surface area contributed by atoms with Gasteiger partial charge in [-0.25, -0.2) is 9.48 Å². The molecular formula is C12H21N5O4. The number of nitrogens with zero attached hydrogens (tertiary/aromatic N) is 3. The van der Waals surface area contributed by atoms with Crippen LogP contribution in [0.15, 0.2) is 6.20 Å².